The number of aromatic nitrogens is 3. The number of pyridine rings is 1. The molecule has 1 atom stereocenters. The highest BCUT2D eigenvalue weighted by atomic mass is 35.5. The van der Waals surface area contributed by atoms with Crippen LogP contribution in [0.1, 0.15) is 25.6 Å². The van der Waals surface area contributed by atoms with Crippen LogP contribution in [0.2, 0.25) is 0 Å². The van der Waals surface area contributed by atoms with E-state index in [1.807, 2.05) is 18.5 Å². The Morgan fingerprint density at radius 3 is 3.16 bits per heavy atom. The molecule has 0 spiro atoms. The normalized spacial score (nSPS) is 20.4. The van der Waals surface area contributed by atoms with Gasteiger partial charge in [0, 0.05) is 18.8 Å². The summed E-state index contributed by atoms with van der Waals surface area (Å²) in [5.41, 5.74) is 2.09. The van der Waals surface area contributed by atoms with Gasteiger partial charge in [-0.1, -0.05) is 6.92 Å². The third-order valence-electron chi connectivity index (χ3n) is 4.05. The third-order valence-corrected chi connectivity index (χ3v) is 4.29. The minimum Gasteiger partial charge on any atom is -0.325 e. The Labute approximate surface area is 118 Å². The summed E-state index contributed by atoms with van der Waals surface area (Å²) >= 11 is 6.04. The maximum atomic E-state index is 6.04. The number of fused-ring (bicyclic) bond motifs is 1. The molecule has 1 aliphatic rings. The summed E-state index contributed by atoms with van der Waals surface area (Å²) in [7, 11) is 0. The smallest absolute Gasteiger partial charge is 0.124 e. The Kier molecular flexibility index (Phi) is 3.71. The number of nitrogens with zero attached hydrogens (tertiary/aromatic N) is 4. The van der Waals surface area contributed by atoms with E-state index in [0.29, 0.717) is 11.9 Å². The van der Waals surface area contributed by atoms with Crippen molar-refractivity contribution in [2.75, 3.05) is 13.1 Å². The van der Waals surface area contributed by atoms with E-state index in [-0.39, 0.29) is 0 Å². The standard InChI is InChI=1S/C14H19ClN4/c1-2-18-7-3-4-11(18)10-19-13-5-6-16-9-12(13)17-14(19)8-15/h5-6,9,11H,2-4,7-8,10H2,1H3. The largest absolute Gasteiger partial charge is 0.325 e. The van der Waals surface area contributed by atoms with Crippen molar-refractivity contribution < 1.29 is 0 Å². The Morgan fingerprint density at radius 1 is 1.47 bits per heavy atom. The molecule has 19 heavy (non-hydrogen) atoms. The van der Waals surface area contributed by atoms with Gasteiger partial charge in [-0.3, -0.25) is 9.88 Å². The molecule has 5 heteroatoms. The van der Waals surface area contributed by atoms with Crippen molar-refractivity contribution in [3.63, 3.8) is 0 Å². The van der Waals surface area contributed by atoms with Crippen molar-refractivity contribution >= 4 is 22.6 Å². The van der Waals surface area contributed by atoms with Crippen molar-refractivity contribution in [3.05, 3.63) is 24.3 Å². The number of imidazole rings is 1. The van der Waals surface area contributed by atoms with E-state index < -0.39 is 0 Å². The van der Waals surface area contributed by atoms with Gasteiger partial charge < -0.3 is 4.57 Å². The van der Waals surface area contributed by atoms with Crippen LogP contribution in [-0.4, -0.2) is 38.6 Å². The van der Waals surface area contributed by atoms with Crippen LogP contribution in [0.15, 0.2) is 18.5 Å². The van der Waals surface area contributed by atoms with Crippen LogP contribution >= 0.6 is 11.6 Å². The van der Waals surface area contributed by atoms with Gasteiger partial charge in [-0.2, -0.15) is 0 Å². The minimum absolute atomic E-state index is 0.452. The van der Waals surface area contributed by atoms with Gasteiger partial charge in [0.1, 0.15) is 11.3 Å². The van der Waals surface area contributed by atoms with Gasteiger partial charge in [0.05, 0.1) is 17.6 Å². The number of hydrogen-bond acceptors (Lipinski definition) is 3. The molecule has 3 heterocycles. The highest BCUT2D eigenvalue weighted by molar-refractivity contribution is 6.16. The average Bonchev–Trinajstić information content (AvgIpc) is 3.04. The topological polar surface area (TPSA) is 34.0 Å². The second kappa shape index (κ2) is 5.47. The summed E-state index contributed by atoms with van der Waals surface area (Å²) in [4.78, 5) is 11.3. The predicted octanol–water partition coefficient (Wildman–Crippen LogP) is 2.65. The Balaban J connectivity index is 1.95. The highest BCUT2D eigenvalue weighted by Gasteiger charge is 2.24. The summed E-state index contributed by atoms with van der Waals surface area (Å²) < 4.78 is 2.27. The lowest BCUT2D eigenvalue weighted by atomic mass is 10.2. The Morgan fingerprint density at radius 2 is 2.37 bits per heavy atom. The zero-order valence-electron chi connectivity index (χ0n) is 11.2. The summed E-state index contributed by atoms with van der Waals surface area (Å²) in [6.45, 7) is 5.55. The second-order valence-corrected chi connectivity index (χ2v) is 5.33. The quantitative estimate of drug-likeness (QED) is 0.807. The highest BCUT2D eigenvalue weighted by Crippen LogP contribution is 2.23. The first-order chi connectivity index (χ1) is 9.33. The van der Waals surface area contributed by atoms with Crippen molar-refractivity contribution in [1.29, 1.82) is 0 Å². The molecule has 0 N–H and O–H groups in total. The molecule has 0 saturated carbocycles. The first kappa shape index (κ1) is 12.9. The van der Waals surface area contributed by atoms with E-state index >= 15 is 0 Å². The fraction of sp³-hybridized carbons (Fsp3) is 0.571. The average molecular weight is 279 g/mol. The number of likely N-dealkylation sites (N-methyl/N-ethyl adjacent to an activating group) is 1. The van der Waals surface area contributed by atoms with E-state index in [9.17, 15) is 0 Å². The van der Waals surface area contributed by atoms with E-state index in [1.165, 1.54) is 19.4 Å². The second-order valence-electron chi connectivity index (χ2n) is 5.06. The molecule has 1 fully saturated rings. The van der Waals surface area contributed by atoms with E-state index in [0.717, 1.165) is 29.9 Å². The van der Waals surface area contributed by atoms with E-state index in [2.05, 4.69) is 26.4 Å². The van der Waals surface area contributed by atoms with Crippen LogP contribution in [0.25, 0.3) is 11.0 Å². The number of rotatable bonds is 4. The molecule has 2 aromatic heterocycles. The van der Waals surface area contributed by atoms with Gasteiger partial charge in [-0.05, 0) is 32.0 Å². The third kappa shape index (κ3) is 2.35. The lowest BCUT2D eigenvalue weighted by molar-refractivity contribution is 0.245. The van der Waals surface area contributed by atoms with Crippen LogP contribution in [-0.2, 0) is 12.4 Å². The fourth-order valence-corrected chi connectivity index (χ4v) is 3.27. The van der Waals surface area contributed by atoms with Crippen molar-refractivity contribution in [2.45, 2.75) is 38.2 Å². The van der Waals surface area contributed by atoms with Crippen LogP contribution in [0.3, 0.4) is 0 Å². The SMILES string of the molecule is CCN1CCCC1Cn1c(CCl)nc2cnccc21. The maximum Gasteiger partial charge on any atom is 0.124 e. The molecule has 4 nitrogen and oxygen atoms in total. The molecule has 3 rings (SSSR count). The number of halogens is 1. The summed E-state index contributed by atoms with van der Waals surface area (Å²) in [6.07, 6.45) is 6.20. The first-order valence-electron chi connectivity index (χ1n) is 6.92. The molecular weight excluding hydrogens is 260 g/mol. The van der Waals surface area contributed by atoms with Crippen molar-refractivity contribution in [3.8, 4) is 0 Å². The molecule has 0 amide bonds. The van der Waals surface area contributed by atoms with Gasteiger partial charge in [0.25, 0.3) is 0 Å². The number of hydrogen-bond donors (Lipinski definition) is 0. The zero-order valence-corrected chi connectivity index (χ0v) is 12.0. The van der Waals surface area contributed by atoms with E-state index in [4.69, 9.17) is 11.6 Å². The molecule has 102 valence electrons. The number of likely N-dealkylation sites (tertiary alicyclic amines) is 1. The lowest BCUT2D eigenvalue weighted by Gasteiger charge is -2.24. The predicted molar refractivity (Wildman–Crippen MR) is 77.4 cm³/mol. The molecule has 0 radical (unpaired) electrons. The molecule has 2 aromatic rings. The molecule has 0 aliphatic carbocycles. The molecule has 1 aliphatic heterocycles. The van der Waals surface area contributed by atoms with E-state index in [1.54, 1.807) is 0 Å². The summed E-state index contributed by atoms with van der Waals surface area (Å²) in [5.74, 6) is 1.40. The molecule has 0 bridgehead atoms. The van der Waals surface area contributed by atoms with Crippen molar-refractivity contribution in [1.82, 2.24) is 19.4 Å². The maximum absolute atomic E-state index is 6.04. The van der Waals surface area contributed by atoms with Gasteiger partial charge in [-0.25, -0.2) is 4.98 Å². The van der Waals surface area contributed by atoms with Crippen LogP contribution in [0, 0.1) is 0 Å². The van der Waals surface area contributed by atoms with Gasteiger partial charge >= 0.3 is 0 Å². The first-order valence-corrected chi connectivity index (χ1v) is 7.46. The lowest BCUT2D eigenvalue weighted by Crippen LogP contribution is -2.33. The molecule has 1 saturated heterocycles. The minimum atomic E-state index is 0.452. The number of alkyl halides is 1. The Bertz CT molecular complexity index is 566. The molecule has 1 unspecified atom stereocenters. The molecular formula is C14H19ClN4. The monoisotopic (exact) mass is 278 g/mol. The fourth-order valence-electron chi connectivity index (χ4n) is 3.07. The summed E-state index contributed by atoms with van der Waals surface area (Å²) in [5, 5.41) is 0. The van der Waals surface area contributed by atoms with Crippen molar-refractivity contribution in [2.24, 2.45) is 0 Å². The van der Waals surface area contributed by atoms with Gasteiger partial charge in [0.15, 0.2) is 0 Å². The van der Waals surface area contributed by atoms with Crippen LogP contribution in [0.5, 0.6) is 0 Å². The summed E-state index contributed by atoms with van der Waals surface area (Å²) in [6, 6.07) is 2.64. The van der Waals surface area contributed by atoms with Gasteiger partial charge in [-0.15, -0.1) is 11.6 Å². The van der Waals surface area contributed by atoms with Crippen LogP contribution < -0.4 is 0 Å². The zero-order chi connectivity index (χ0) is 13.2. The molecule has 0 aromatic carbocycles. The Hall–Kier alpha value is -1.13. The van der Waals surface area contributed by atoms with Gasteiger partial charge in [0.2, 0.25) is 0 Å². The van der Waals surface area contributed by atoms with Crippen LogP contribution in [0.4, 0.5) is 0 Å².